The monoisotopic (exact) mass is 307 g/mol. The minimum atomic E-state index is -0.253. The summed E-state index contributed by atoms with van der Waals surface area (Å²) in [5.74, 6) is 0.0540. The van der Waals surface area contributed by atoms with Crippen molar-refractivity contribution in [3.8, 4) is 0 Å². The summed E-state index contributed by atoms with van der Waals surface area (Å²) >= 11 is 1.83. The Bertz CT molecular complexity index is 458. The van der Waals surface area contributed by atoms with Crippen molar-refractivity contribution < 1.29 is 9.90 Å². The molecule has 116 valence electrons. The number of carbonyl (C=O) groups excluding carboxylic acids is 1. The van der Waals surface area contributed by atoms with Crippen LogP contribution in [0.5, 0.6) is 0 Å². The smallest absolute Gasteiger partial charge is 0.224 e. The van der Waals surface area contributed by atoms with Gasteiger partial charge in [-0.2, -0.15) is 0 Å². The third-order valence-corrected chi connectivity index (χ3v) is 4.69. The molecule has 0 unspecified atom stereocenters. The maximum absolute atomic E-state index is 12.1. The van der Waals surface area contributed by atoms with E-state index in [1.807, 2.05) is 23.9 Å². The van der Waals surface area contributed by atoms with E-state index in [-0.39, 0.29) is 18.1 Å². The van der Waals surface area contributed by atoms with E-state index in [9.17, 15) is 9.90 Å². The zero-order chi connectivity index (χ0) is 15.2. The Morgan fingerprint density at radius 1 is 1.33 bits per heavy atom. The number of thioether (sulfide) groups is 1. The van der Waals surface area contributed by atoms with Crippen molar-refractivity contribution in [2.24, 2.45) is 0 Å². The molecule has 4 heteroatoms. The molecular formula is C17H25NO2S. The van der Waals surface area contributed by atoms with E-state index in [2.05, 4.69) is 31.3 Å². The lowest BCUT2D eigenvalue weighted by molar-refractivity contribution is -0.121. The molecule has 3 nitrogen and oxygen atoms in total. The Morgan fingerprint density at radius 2 is 2.05 bits per heavy atom. The van der Waals surface area contributed by atoms with Gasteiger partial charge < -0.3 is 10.4 Å². The van der Waals surface area contributed by atoms with Crippen LogP contribution < -0.4 is 5.32 Å². The van der Waals surface area contributed by atoms with Crippen LogP contribution in [0.4, 0.5) is 0 Å². The van der Waals surface area contributed by atoms with Gasteiger partial charge in [0.1, 0.15) is 0 Å². The van der Waals surface area contributed by atoms with Gasteiger partial charge in [0.05, 0.1) is 12.5 Å². The zero-order valence-corrected chi connectivity index (χ0v) is 13.7. The fourth-order valence-corrected chi connectivity index (χ4v) is 3.55. The number of amides is 1. The van der Waals surface area contributed by atoms with Crippen molar-refractivity contribution in [2.75, 3.05) is 0 Å². The number of aliphatic hydroxyl groups excluding tert-OH is 1. The Morgan fingerprint density at radius 3 is 2.67 bits per heavy atom. The molecule has 0 saturated heterocycles. The van der Waals surface area contributed by atoms with Gasteiger partial charge in [0, 0.05) is 16.2 Å². The number of nitrogens with one attached hydrogen (secondary N) is 1. The van der Waals surface area contributed by atoms with E-state index < -0.39 is 0 Å². The van der Waals surface area contributed by atoms with Crippen LogP contribution in [0.1, 0.15) is 45.1 Å². The maximum atomic E-state index is 12.1. The van der Waals surface area contributed by atoms with E-state index in [4.69, 9.17) is 0 Å². The Labute approximate surface area is 131 Å². The summed E-state index contributed by atoms with van der Waals surface area (Å²) in [5.41, 5.74) is 1.04. The first-order valence-electron chi connectivity index (χ1n) is 7.76. The molecule has 0 bridgehead atoms. The van der Waals surface area contributed by atoms with Crippen molar-refractivity contribution in [3.05, 3.63) is 29.8 Å². The molecule has 2 atom stereocenters. The first kappa shape index (κ1) is 16.4. The summed E-state index contributed by atoms with van der Waals surface area (Å²) in [4.78, 5) is 13.3. The van der Waals surface area contributed by atoms with Crippen LogP contribution in [0.25, 0.3) is 0 Å². The molecule has 0 heterocycles. The second-order valence-electron chi connectivity index (χ2n) is 6.07. The molecule has 1 aliphatic rings. The lowest BCUT2D eigenvalue weighted by Crippen LogP contribution is -2.40. The fourth-order valence-electron chi connectivity index (χ4n) is 2.72. The van der Waals surface area contributed by atoms with Gasteiger partial charge >= 0.3 is 0 Å². The van der Waals surface area contributed by atoms with Gasteiger partial charge in [-0.25, -0.2) is 0 Å². The van der Waals surface area contributed by atoms with Gasteiger partial charge in [-0.1, -0.05) is 26.0 Å². The third-order valence-electron chi connectivity index (χ3n) is 3.67. The van der Waals surface area contributed by atoms with Gasteiger partial charge in [0.25, 0.3) is 0 Å². The molecule has 0 spiro atoms. The van der Waals surface area contributed by atoms with Crippen LogP contribution in [0.3, 0.4) is 0 Å². The molecule has 0 aromatic heterocycles. The minimum absolute atomic E-state index is 0.0540. The molecule has 1 saturated carbocycles. The van der Waals surface area contributed by atoms with E-state index in [0.717, 1.165) is 24.8 Å². The Kier molecular flexibility index (Phi) is 6.12. The zero-order valence-electron chi connectivity index (χ0n) is 12.8. The van der Waals surface area contributed by atoms with E-state index in [1.165, 1.54) is 4.90 Å². The van der Waals surface area contributed by atoms with Crippen LogP contribution in [0.2, 0.25) is 0 Å². The first-order chi connectivity index (χ1) is 10.0. The number of aliphatic hydroxyl groups is 1. The topological polar surface area (TPSA) is 49.3 Å². The second kappa shape index (κ2) is 7.85. The fraction of sp³-hybridized carbons (Fsp3) is 0.588. The van der Waals surface area contributed by atoms with E-state index in [1.54, 1.807) is 0 Å². The summed E-state index contributed by atoms with van der Waals surface area (Å²) in [5, 5.41) is 13.2. The summed E-state index contributed by atoms with van der Waals surface area (Å²) in [6.07, 6.45) is 3.69. The highest BCUT2D eigenvalue weighted by molar-refractivity contribution is 7.99. The number of carbonyl (C=O) groups is 1. The van der Waals surface area contributed by atoms with Crippen molar-refractivity contribution >= 4 is 17.7 Å². The van der Waals surface area contributed by atoms with Crippen LogP contribution >= 0.6 is 11.8 Å². The summed E-state index contributed by atoms with van der Waals surface area (Å²) < 4.78 is 0. The normalized spacial score (nSPS) is 22.3. The summed E-state index contributed by atoms with van der Waals surface area (Å²) in [6.45, 7) is 4.34. The van der Waals surface area contributed by atoms with Crippen molar-refractivity contribution in [1.82, 2.24) is 5.32 Å². The quantitative estimate of drug-likeness (QED) is 0.822. The van der Waals surface area contributed by atoms with Gasteiger partial charge in [0.2, 0.25) is 5.91 Å². The van der Waals surface area contributed by atoms with Crippen LogP contribution in [0.15, 0.2) is 29.2 Å². The minimum Gasteiger partial charge on any atom is -0.393 e. The molecule has 1 fully saturated rings. The van der Waals surface area contributed by atoms with Gasteiger partial charge in [-0.05, 0) is 43.4 Å². The lowest BCUT2D eigenvalue weighted by Gasteiger charge is -2.26. The molecule has 1 aromatic rings. The SMILES string of the molecule is CC(C)Sc1ccc(CC(=O)N[C@@H]2CCC[C@H](O)C2)cc1. The van der Waals surface area contributed by atoms with Crippen LogP contribution in [-0.2, 0) is 11.2 Å². The largest absolute Gasteiger partial charge is 0.393 e. The number of hydrogen-bond donors (Lipinski definition) is 2. The molecule has 1 aliphatic carbocycles. The molecule has 2 rings (SSSR count). The van der Waals surface area contributed by atoms with E-state index in [0.29, 0.717) is 18.1 Å². The summed E-state index contributed by atoms with van der Waals surface area (Å²) in [7, 11) is 0. The predicted molar refractivity (Wildman–Crippen MR) is 87.5 cm³/mol. The standard InChI is InChI=1S/C17H25NO2S/c1-12(2)21-16-8-6-13(7-9-16)10-17(20)18-14-4-3-5-15(19)11-14/h6-9,12,14-15,19H,3-5,10-11H2,1-2H3,(H,18,20)/t14-,15+/m1/s1. The Balaban J connectivity index is 1.82. The van der Waals surface area contributed by atoms with Crippen LogP contribution in [0, 0.1) is 0 Å². The highest BCUT2D eigenvalue weighted by Crippen LogP contribution is 2.23. The van der Waals surface area contributed by atoms with Crippen molar-refractivity contribution in [2.45, 2.75) is 68.2 Å². The van der Waals surface area contributed by atoms with Crippen molar-refractivity contribution in [1.29, 1.82) is 0 Å². The Hall–Kier alpha value is -1.00. The number of hydrogen-bond acceptors (Lipinski definition) is 3. The molecule has 2 N–H and O–H groups in total. The van der Waals surface area contributed by atoms with Crippen molar-refractivity contribution in [3.63, 3.8) is 0 Å². The number of rotatable bonds is 5. The highest BCUT2D eigenvalue weighted by atomic mass is 32.2. The number of benzene rings is 1. The first-order valence-corrected chi connectivity index (χ1v) is 8.64. The van der Waals surface area contributed by atoms with Gasteiger partial charge in [-0.15, -0.1) is 11.8 Å². The lowest BCUT2D eigenvalue weighted by atomic mass is 9.93. The molecule has 1 amide bonds. The maximum Gasteiger partial charge on any atom is 0.224 e. The molecular weight excluding hydrogens is 282 g/mol. The predicted octanol–water partition coefficient (Wildman–Crippen LogP) is 3.15. The molecule has 0 radical (unpaired) electrons. The molecule has 1 aromatic carbocycles. The highest BCUT2D eigenvalue weighted by Gasteiger charge is 2.21. The third kappa shape index (κ3) is 5.71. The summed E-state index contributed by atoms with van der Waals surface area (Å²) in [6, 6.07) is 8.35. The molecule has 21 heavy (non-hydrogen) atoms. The van der Waals surface area contributed by atoms with Gasteiger partial charge in [-0.3, -0.25) is 4.79 Å². The second-order valence-corrected chi connectivity index (χ2v) is 7.72. The molecule has 0 aliphatic heterocycles. The average Bonchev–Trinajstić information content (AvgIpc) is 2.40. The van der Waals surface area contributed by atoms with Gasteiger partial charge in [0.15, 0.2) is 0 Å². The average molecular weight is 307 g/mol. The van der Waals surface area contributed by atoms with Crippen LogP contribution in [-0.4, -0.2) is 28.4 Å². The van der Waals surface area contributed by atoms with E-state index >= 15 is 0 Å².